The first kappa shape index (κ1) is 45.7. The first-order chi connectivity index (χ1) is 32.2. The lowest BCUT2D eigenvalue weighted by Crippen LogP contribution is -2.50. The van der Waals surface area contributed by atoms with E-state index < -0.39 is 37.5 Å². The molecule has 1 aliphatic carbocycles. The van der Waals surface area contributed by atoms with Gasteiger partial charge in [-0.15, -0.1) is 0 Å². The molecule has 0 radical (unpaired) electrons. The van der Waals surface area contributed by atoms with Crippen LogP contribution in [0, 0.1) is 15.5 Å². The van der Waals surface area contributed by atoms with E-state index >= 15 is 0 Å². The van der Waals surface area contributed by atoms with Gasteiger partial charge in [0.15, 0.2) is 11.4 Å². The third-order valence-corrected chi connectivity index (χ3v) is 14.3. The Labute approximate surface area is 392 Å². The molecule has 0 bridgehead atoms. The highest BCUT2D eigenvalue weighted by atomic mass is 35.5. The zero-order valence-corrected chi connectivity index (χ0v) is 38.8. The summed E-state index contributed by atoms with van der Waals surface area (Å²) in [5.41, 5.74) is 4.96. The molecule has 352 valence electrons. The normalized spacial score (nSPS) is 18.7. The number of hydrogen-bond acceptors (Lipinski definition) is 13. The first-order valence-electron chi connectivity index (χ1n) is 22.3. The van der Waals surface area contributed by atoms with Crippen LogP contribution >= 0.6 is 11.6 Å². The van der Waals surface area contributed by atoms with Gasteiger partial charge in [0.05, 0.1) is 40.8 Å². The number of nitro benzene ring substituents is 1. The fraction of sp³-hybridized carbons (Fsp3) is 0.383. The van der Waals surface area contributed by atoms with Gasteiger partial charge in [0, 0.05) is 92.9 Å². The number of halogens is 1. The Bertz CT molecular complexity index is 2840. The number of carbonyl (C=O) groups is 2. The number of sulfonamides is 1. The zero-order chi connectivity index (χ0) is 46.9. The number of morpholine rings is 1. The second kappa shape index (κ2) is 19.1. The molecule has 3 amide bonds. The number of piperazine rings is 1. The van der Waals surface area contributed by atoms with Crippen molar-refractivity contribution in [3.63, 3.8) is 0 Å². The Morgan fingerprint density at radius 1 is 1.01 bits per heavy atom. The quantitative estimate of drug-likeness (QED) is 0.0731. The van der Waals surface area contributed by atoms with Crippen molar-refractivity contribution in [1.82, 2.24) is 29.8 Å². The average Bonchev–Trinajstić information content (AvgIpc) is 3.79. The van der Waals surface area contributed by atoms with Gasteiger partial charge < -0.3 is 39.6 Å². The third kappa shape index (κ3) is 10.4. The molecule has 2 saturated heterocycles. The molecule has 9 rings (SSSR count). The Morgan fingerprint density at radius 2 is 1.79 bits per heavy atom. The van der Waals surface area contributed by atoms with Crippen molar-refractivity contribution in [3.05, 3.63) is 111 Å². The van der Waals surface area contributed by atoms with E-state index in [2.05, 4.69) is 61.1 Å². The largest absolute Gasteiger partial charge is 0.489 e. The first-order valence-corrected chi connectivity index (χ1v) is 24.1. The number of nitrogens with zero attached hydrogens (tertiary/aromatic N) is 5. The number of nitrogens with one attached hydrogen (secondary N) is 4. The van der Waals surface area contributed by atoms with Gasteiger partial charge in [0.25, 0.3) is 21.6 Å². The number of benzene rings is 3. The van der Waals surface area contributed by atoms with Gasteiger partial charge in [-0.3, -0.25) is 19.8 Å². The number of amides is 3. The van der Waals surface area contributed by atoms with E-state index in [1.165, 1.54) is 29.0 Å². The predicted molar refractivity (Wildman–Crippen MR) is 254 cm³/mol. The molecule has 4 N–H and O–H groups in total. The molecule has 2 fully saturated rings. The number of allylic oxidation sites excluding steroid dienone is 1. The van der Waals surface area contributed by atoms with Crippen LogP contribution in [0.1, 0.15) is 49.0 Å². The summed E-state index contributed by atoms with van der Waals surface area (Å²) in [5, 5.41) is 19.6. The molecule has 4 aliphatic rings. The maximum Gasteiger partial charge on any atom is 0.317 e. The molecule has 0 unspecified atom stereocenters. The summed E-state index contributed by atoms with van der Waals surface area (Å²) in [4.78, 5) is 51.5. The highest BCUT2D eigenvalue weighted by Crippen LogP contribution is 2.44. The molecular formula is C47H52ClN9O9S. The minimum absolute atomic E-state index is 0.0310. The standard InChI is InChI=1S/C47H52ClN9O9S/c1-47(2)11-9-32(39(25-47)30-3-5-33(48)6-4-30)28-54-13-15-55(16-14-54)35-7-8-38(41(22-35)66-36-21-31-10-12-49-44(31)50-27-36)45(58)53-67(62,63)37-23-40(57(60)61)43-42(24-37)65-29-34(52-43)26-51-46(59)56-17-19-64-20-18-56/h3-8,10,12,21-24,27,34,52H,9,11,13-20,25-26,28-29H2,1-2H3,(H,49,50)(H,51,59)(H,53,58)/t34-/m0/s1. The van der Waals surface area contributed by atoms with E-state index in [9.17, 15) is 28.1 Å². The number of fused-ring (bicyclic) bond motifs is 2. The summed E-state index contributed by atoms with van der Waals surface area (Å²) < 4.78 is 47.4. The number of pyridine rings is 1. The molecule has 3 aromatic carbocycles. The van der Waals surface area contributed by atoms with Crippen LogP contribution in [0.15, 0.2) is 89.6 Å². The maximum absolute atomic E-state index is 14.1. The molecule has 5 heterocycles. The smallest absolute Gasteiger partial charge is 0.317 e. The molecule has 0 saturated carbocycles. The van der Waals surface area contributed by atoms with Crippen molar-refractivity contribution in [2.75, 3.05) is 82.4 Å². The summed E-state index contributed by atoms with van der Waals surface area (Å²) in [6.07, 6.45) is 6.40. The zero-order valence-electron chi connectivity index (χ0n) is 37.2. The van der Waals surface area contributed by atoms with Crippen molar-refractivity contribution < 1.29 is 37.1 Å². The number of carbonyl (C=O) groups excluding carboxylic acids is 2. The van der Waals surface area contributed by atoms with Gasteiger partial charge in [0.2, 0.25) is 0 Å². The molecular weight excluding hydrogens is 902 g/mol. The van der Waals surface area contributed by atoms with E-state index in [1.807, 2.05) is 18.2 Å². The monoisotopic (exact) mass is 953 g/mol. The molecule has 2 aromatic heterocycles. The predicted octanol–water partition coefficient (Wildman–Crippen LogP) is 7.04. The molecule has 67 heavy (non-hydrogen) atoms. The number of urea groups is 1. The van der Waals surface area contributed by atoms with Crippen molar-refractivity contribution >= 4 is 67.2 Å². The Morgan fingerprint density at radius 3 is 2.55 bits per heavy atom. The van der Waals surface area contributed by atoms with Crippen LogP contribution in [0.3, 0.4) is 0 Å². The molecule has 0 spiro atoms. The lowest BCUT2D eigenvalue weighted by Gasteiger charge is -2.39. The van der Waals surface area contributed by atoms with Crippen molar-refractivity contribution in [3.8, 4) is 17.2 Å². The Balaban J connectivity index is 0.919. The minimum atomic E-state index is -4.72. The lowest BCUT2D eigenvalue weighted by atomic mass is 9.72. The Hall–Kier alpha value is -6.41. The van der Waals surface area contributed by atoms with Crippen LogP contribution in [0.4, 0.5) is 21.9 Å². The topological polar surface area (TPSA) is 214 Å². The van der Waals surface area contributed by atoms with Crippen LogP contribution in [-0.4, -0.2) is 123 Å². The third-order valence-electron chi connectivity index (χ3n) is 12.7. The number of nitro groups is 1. The highest BCUT2D eigenvalue weighted by molar-refractivity contribution is 7.90. The van der Waals surface area contributed by atoms with Gasteiger partial charge in [-0.2, -0.15) is 0 Å². The molecule has 3 aliphatic heterocycles. The average molecular weight is 955 g/mol. The van der Waals surface area contributed by atoms with Crippen LogP contribution < -0.4 is 29.7 Å². The van der Waals surface area contributed by atoms with E-state index in [0.717, 1.165) is 67.1 Å². The number of H-pyrrole nitrogens is 1. The van der Waals surface area contributed by atoms with Gasteiger partial charge in [0.1, 0.15) is 23.8 Å². The van der Waals surface area contributed by atoms with E-state index in [1.54, 1.807) is 29.3 Å². The number of ether oxygens (including phenoxy) is 3. The molecule has 20 heteroatoms. The summed E-state index contributed by atoms with van der Waals surface area (Å²) in [5.74, 6) is -0.707. The number of hydrogen-bond donors (Lipinski definition) is 4. The fourth-order valence-corrected chi connectivity index (χ4v) is 10.1. The number of aromatic nitrogens is 2. The fourth-order valence-electron chi connectivity index (χ4n) is 8.99. The number of aromatic amines is 1. The van der Waals surface area contributed by atoms with Crippen LogP contribution in [0.25, 0.3) is 16.6 Å². The second-order valence-electron chi connectivity index (χ2n) is 18.0. The van der Waals surface area contributed by atoms with Gasteiger partial charge in [-0.1, -0.05) is 43.2 Å². The summed E-state index contributed by atoms with van der Waals surface area (Å²) in [7, 11) is -4.72. The summed E-state index contributed by atoms with van der Waals surface area (Å²) in [6, 6.07) is 17.8. The van der Waals surface area contributed by atoms with Crippen molar-refractivity contribution in [1.29, 1.82) is 0 Å². The van der Waals surface area contributed by atoms with Crippen molar-refractivity contribution in [2.45, 2.75) is 44.0 Å². The molecule has 5 aromatic rings. The molecule has 18 nitrogen and oxygen atoms in total. The van der Waals surface area contributed by atoms with E-state index in [0.29, 0.717) is 50.8 Å². The van der Waals surface area contributed by atoms with Crippen LogP contribution in [-0.2, 0) is 14.8 Å². The number of anilines is 2. The summed E-state index contributed by atoms with van der Waals surface area (Å²) >= 11 is 6.25. The lowest BCUT2D eigenvalue weighted by molar-refractivity contribution is -0.384. The van der Waals surface area contributed by atoms with Gasteiger partial charge in [-0.25, -0.2) is 22.9 Å². The summed E-state index contributed by atoms with van der Waals surface area (Å²) in [6.45, 7) is 10.3. The van der Waals surface area contributed by atoms with E-state index in [4.69, 9.17) is 25.8 Å². The number of rotatable bonds is 12. The van der Waals surface area contributed by atoms with Crippen LogP contribution in [0.2, 0.25) is 5.02 Å². The van der Waals surface area contributed by atoms with Gasteiger partial charge in [-0.05, 0) is 72.2 Å². The van der Waals surface area contributed by atoms with Crippen LogP contribution in [0.5, 0.6) is 17.2 Å². The molecule has 1 atom stereocenters. The highest BCUT2D eigenvalue weighted by Gasteiger charge is 2.34. The minimum Gasteiger partial charge on any atom is -0.489 e. The van der Waals surface area contributed by atoms with E-state index in [-0.39, 0.29) is 47.3 Å². The maximum atomic E-state index is 14.1. The van der Waals surface area contributed by atoms with Crippen molar-refractivity contribution in [2.24, 2.45) is 5.41 Å². The second-order valence-corrected chi connectivity index (χ2v) is 20.1. The SMILES string of the molecule is CC1(C)CCC(CN2CCN(c3ccc(C(=O)NS(=O)(=O)c4cc5c(c([N+](=O)[O-])c4)N[C@@H](CNC(=O)N4CCOCC4)CO5)c(Oc4cnc5[nH]ccc5c4)c3)CC2)=C(c2ccc(Cl)cc2)C1. The Kier molecular flexibility index (Phi) is 13.0. The van der Waals surface area contributed by atoms with Gasteiger partial charge >= 0.3 is 6.03 Å².